The molecule has 1 heterocycles. The summed E-state index contributed by atoms with van der Waals surface area (Å²) < 4.78 is 0.961. The Morgan fingerprint density at radius 2 is 1.70 bits per heavy atom. The van der Waals surface area contributed by atoms with Gasteiger partial charge in [0.2, 0.25) is 5.76 Å². The Balaban J connectivity index is 2.25. The number of benzene rings is 1. The van der Waals surface area contributed by atoms with Gasteiger partial charge < -0.3 is 10.2 Å². The molecule has 0 radical (unpaired) electrons. The minimum Gasteiger partial charge on any atom is -0.502 e. The van der Waals surface area contributed by atoms with Gasteiger partial charge in [0.25, 0.3) is 0 Å². The second-order valence-electron chi connectivity index (χ2n) is 3.87. The van der Waals surface area contributed by atoms with Gasteiger partial charge >= 0.3 is 5.97 Å². The highest BCUT2D eigenvalue weighted by molar-refractivity contribution is 9.10. The highest BCUT2D eigenvalue weighted by Gasteiger charge is 2.12. The van der Waals surface area contributed by atoms with Gasteiger partial charge in [0.1, 0.15) is 0 Å². The number of hydrogen-bond donors (Lipinski definition) is 2. The normalized spacial score (nSPS) is 11.3. The predicted octanol–water partition coefficient (Wildman–Crippen LogP) is 3.89. The molecule has 0 unspecified atom stereocenters. The topological polar surface area (TPSA) is 74.6 Å². The van der Waals surface area contributed by atoms with E-state index in [4.69, 9.17) is 10.2 Å². The summed E-state index contributed by atoms with van der Waals surface area (Å²) in [5, 5.41) is 17.6. The van der Waals surface area contributed by atoms with Crippen molar-refractivity contribution in [2.24, 2.45) is 0 Å². The molecule has 1 aromatic heterocycles. The molecule has 2 aromatic rings. The lowest BCUT2D eigenvalue weighted by molar-refractivity contribution is -0.135. The first kappa shape index (κ1) is 14.5. The molecule has 6 heteroatoms. The number of aliphatic carboxylic acids is 1. The van der Waals surface area contributed by atoms with Gasteiger partial charge in [0, 0.05) is 15.4 Å². The molecule has 0 aliphatic rings. The number of ketones is 1. The Hall–Kier alpha value is -1.92. The van der Waals surface area contributed by atoms with Crippen LogP contribution in [0.25, 0.3) is 10.4 Å². The van der Waals surface area contributed by atoms with Crippen LogP contribution < -0.4 is 0 Å². The molecule has 0 aliphatic carbocycles. The van der Waals surface area contributed by atoms with Crippen LogP contribution in [-0.2, 0) is 4.79 Å². The van der Waals surface area contributed by atoms with E-state index in [1.165, 1.54) is 11.3 Å². The molecule has 0 saturated heterocycles. The van der Waals surface area contributed by atoms with Crippen LogP contribution in [0, 0.1) is 0 Å². The second kappa shape index (κ2) is 6.02. The van der Waals surface area contributed by atoms with Crippen LogP contribution >= 0.6 is 27.3 Å². The molecule has 0 saturated carbocycles. The number of carbonyl (C=O) groups is 2. The van der Waals surface area contributed by atoms with Crippen molar-refractivity contribution >= 4 is 39.0 Å². The van der Waals surface area contributed by atoms with Gasteiger partial charge in [-0.25, -0.2) is 4.79 Å². The SMILES string of the molecule is O=C(O)/C(O)=C\C(=O)c1ccc(-c2ccc(Br)cc2)s1. The summed E-state index contributed by atoms with van der Waals surface area (Å²) >= 11 is 4.59. The number of allylic oxidation sites excluding steroid dienone is 1. The quantitative estimate of drug-likeness (QED) is 0.497. The van der Waals surface area contributed by atoms with Crippen LogP contribution in [-0.4, -0.2) is 22.0 Å². The van der Waals surface area contributed by atoms with Crippen LogP contribution in [0.2, 0.25) is 0 Å². The van der Waals surface area contributed by atoms with Gasteiger partial charge in [-0.15, -0.1) is 11.3 Å². The molecule has 0 spiro atoms. The monoisotopic (exact) mass is 352 g/mol. The van der Waals surface area contributed by atoms with E-state index < -0.39 is 17.5 Å². The molecule has 102 valence electrons. The molecule has 2 rings (SSSR count). The zero-order chi connectivity index (χ0) is 14.7. The van der Waals surface area contributed by atoms with E-state index in [2.05, 4.69) is 15.9 Å². The Labute approximate surface area is 127 Å². The molecule has 0 amide bonds. The van der Waals surface area contributed by atoms with Crippen LogP contribution in [0.5, 0.6) is 0 Å². The van der Waals surface area contributed by atoms with Crippen molar-refractivity contribution in [3.8, 4) is 10.4 Å². The van der Waals surface area contributed by atoms with E-state index in [9.17, 15) is 9.59 Å². The molecule has 0 atom stereocenters. The lowest BCUT2D eigenvalue weighted by atomic mass is 10.2. The maximum absolute atomic E-state index is 11.8. The summed E-state index contributed by atoms with van der Waals surface area (Å²) in [6.07, 6.45) is 0.708. The Kier molecular flexibility index (Phi) is 4.36. The number of carboxylic acids is 1. The molecule has 20 heavy (non-hydrogen) atoms. The van der Waals surface area contributed by atoms with Crippen molar-refractivity contribution < 1.29 is 19.8 Å². The lowest BCUT2D eigenvalue weighted by Crippen LogP contribution is -2.02. The lowest BCUT2D eigenvalue weighted by Gasteiger charge is -1.96. The van der Waals surface area contributed by atoms with Crippen LogP contribution in [0.4, 0.5) is 0 Å². The molecule has 0 aliphatic heterocycles. The molecule has 0 fully saturated rings. The maximum atomic E-state index is 11.8. The number of halogens is 1. The first-order valence-electron chi connectivity index (χ1n) is 5.51. The Bertz CT molecular complexity index is 685. The van der Waals surface area contributed by atoms with Crippen LogP contribution in [0.15, 0.2) is 52.7 Å². The Morgan fingerprint density at radius 1 is 1.05 bits per heavy atom. The number of carboxylic acid groups (broad SMARTS) is 1. The van der Waals surface area contributed by atoms with Crippen molar-refractivity contribution in [1.29, 1.82) is 0 Å². The van der Waals surface area contributed by atoms with Crippen molar-refractivity contribution in [2.45, 2.75) is 0 Å². The summed E-state index contributed by atoms with van der Waals surface area (Å²) in [4.78, 5) is 23.5. The smallest absolute Gasteiger partial charge is 0.371 e. The molecular formula is C14H9BrO4S. The van der Waals surface area contributed by atoms with Crippen LogP contribution in [0.3, 0.4) is 0 Å². The van der Waals surface area contributed by atoms with Crippen molar-refractivity contribution in [1.82, 2.24) is 0 Å². The van der Waals surface area contributed by atoms with E-state index in [0.29, 0.717) is 11.0 Å². The summed E-state index contributed by atoms with van der Waals surface area (Å²) in [5.41, 5.74) is 0.962. The van der Waals surface area contributed by atoms with Crippen LogP contribution in [0.1, 0.15) is 9.67 Å². The summed E-state index contributed by atoms with van der Waals surface area (Å²) in [6, 6.07) is 11.0. The standard InChI is InChI=1S/C14H9BrO4S/c15-9-3-1-8(2-4-9)12-5-6-13(20-12)10(16)7-11(17)14(18)19/h1-7,17H,(H,18,19)/b11-7+. The van der Waals surface area contributed by atoms with Gasteiger partial charge in [-0.2, -0.15) is 0 Å². The van der Waals surface area contributed by atoms with Crippen molar-refractivity contribution in [3.05, 3.63) is 57.6 Å². The van der Waals surface area contributed by atoms with Gasteiger partial charge in [-0.05, 0) is 29.8 Å². The number of carbonyl (C=O) groups excluding carboxylic acids is 1. The number of aliphatic hydroxyl groups excluding tert-OH is 1. The van der Waals surface area contributed by atoms with Gasteiger partial charge in [-0.1, -0.05) is 28.1 Å². The third-order valence-corrected chi connectivity index (χ3v) is 4.14. The van der Waals surface area contributed by atoms with E-state index in [-0.39, 0.29) is 0 Å². The minimum absolute atomic E-state index is 0.371. The molecule has 0 bridgehead atoms. The highest BCUT2D eigenvalue weighted by Crippen LogP contribution is 2.29. The maximum Gasteiger partial charge on any atom is 0.371 e. The fraction of sp³-hybridized carbons (Fsp3) is 0. The number of rotatable bonds is 4. The van der Waals surface area contributed by atoms with E-state index in [1.54, 1.807) is 12.1 Å². The number of thiophene rings is 1. The fourth-order valence-corrected chi connectivity index (χ4v) is 2.68. The summed E-state index contributed by atoms with van der Waals surface area (Å²) in [6.45, 7) is 0. The third-order valence-electron chi connectivity index (χ3n) is 2.46. The van der Waals surface area contributed by atoms with E-state index in [0.717, 1.165) is 14.9 Å². The molecule has 4 nitrogen and oxygen atoms in total. The molecular weight excluding hydrogens is 344 g/mol. The van der Waals surface area contributed by atoms with Gasteiger partial charge in [0.05, 0.1) is 4.88 Å². The number of aliphatic hydroxyl groups is 1. The first-order chi connectivity index (χ1) is 9.47. The second-order valence-corrected chi connectivity index (χ2v) is 5.87. The van der Waals surface area contributed by atoms with Crippen molar-refractivity contribution in [3.63, 3.8) is 0 Å². The predicted molar refractivity (Wildman–Crippen MR) is 80.1 cm³/mol. The molecule has 2 N–H and O–H groups in total. The summed E-state index contributed by atoms with van der Waals surface area (Å²) in [5.74, 6) is -3.02. The van der Waals surface area contributed by atoms with Gasteiger partial charge in [0.15, 0.2) is 5.78 Å². The molecule has 1 aromatic carbocycles. The summed E-state index contributed by atoms with van der Waals surface area (Å²) in [7, 11) is 0. The average molecular weight is 353 g/mol. The highest BCUT2D eigenvalue weighted by atomic mass is 79.9. The van der Waals surface area contributed by atoms with Gasteiger partial charge in [-0.3, -0.25) is 4.79 Å². The minimum atomic E-state index is -1.52. The fourth-order valence-electron chi connectivity index (χ4n) is 1.50. The zero-order valence-electron chi connectivity index (χ0n) is 10.0. The van der Waals surface area contributed by atoms with Crippen molar-refractivity contribution in [2.75, 3.05) is 0 Å². The zero-order valence-corrected chi connectivity index (χ0v) is 12.4. The first-order valence-corrected chi connectivity index (χ1v) is 7.12. The Morgan fingerprint density at radius 3 is 2.30 bits per heavy atom. The average Bonchev–Trinajstić information content (AvgIpc) is 2.89. The number of hydrogen-bond acceptors (Lipinski definition) is 4. The van der Waals surface area contributed by atoms with E-state index >= 15 is 0 Å². The third kappa shape index (κ3) is 3.34. The largest absolute Gasteiger partial charge is 0.502 e. The van der Waals surface area contributed by atoms with E-state index in [1.807, 2.05) is 24.3 Å².